The fourth-order valence-corrected chi connectivity index (χ4v) is 2.64. The molecule has 1 aromatic rings. The van der Waals surface area contributed by atoms with Crippen molar-refractivity contribution in [2.75, 3.05) is 38.6 Å². The highest BCUT2D eigenvalue weighted by Crippen LogP contribution is 2.28. The van der Waals surface area contributed by atoms with Gasteiger partial charge in [-0.1, -0.05) is 6.92 Å². The zero-order valence-electron chi connectivity index (χ0n) is 12.9. The highest BCUT2D eigenvalue weighted by atomic mass is 16.5. The van der Waals surface area contributed by atoms with Crippen LogP contribution in [0.15, 0.2) is 24.3 Å². The van der Waals surface area contributed by atoms with E-state index in [1.54, 1.807) is 7.11 Å². The highest BCUT2D eigenvalue weighted by Gasteiger charge is 2.32. The second-order valence-corrected chi connectivity index (χ2v) is 6.07. The number of nitrogens with one attached hydrogen (secondary N) is 1. The van der Waals surface area contributed by atoms with E-state index in [9.17, 15) is 4.79 Å². The molecule has 3 N–H and O–H groups in total. The summed E-state index contributed by atoms with van der Waals surface area (Å²) < 4.78 is 5.09. The first-order valence-electron chi connectivity index (χ1n) is 7.41. The van der Waals surface area contributed by atoms with Crippen LogP contribution in [0.2, 0.25) is 0 Å². The van der Waals surface area contributed by atoms with Crippen molar-refractivity contribution in [2.45, 2.75) is 19.8 Å². The van der Waals surface area contributed by atoms with Crippen molar-refractivity contribution in [3.05, 3.63) is 24.3 Å². The number of likely N-dealkylation sites (tertiary alicyclic amines) is 1. The molecule has 0 saturated carbocycles. The lowest BCUT2D eigenvalue weighted by Crippen LogP contribution is -2.32. The fraction of sp³-hybridized carbons (Fsp3) is 0.562. The quantitative estimate of drug-likeness (QED) is 0.837. The Kier molecular flexibility index (Phi) is 5.20. The van der Waals surface area contributed by atoms with Gasteiger partial charge in [0.15, 0.2) is 0 Å². The molecule has 0 radical (unpaired) electrons. The molecule has 1 aliphatic heterocycles. The molecule has 0 aromatic heterocycles. The van der Waals surface area contributed by atoms with Gasteiger partial charge in [0.25, 0.3) is 0 Å². The smallest absolute Gasteiger partial charge is 0.225 e. The Balaban J connectivity index is 1.75. The highest BCUT2D eigenvalue weighted by molar-refractivity contribution is 5.90. The van der Waals surface area contributed by atoms with Crippen molar-refractivity contribution >= 4 is 11.6 Å². The molecule has 0 aliphatic carbocycles. The van der Waals surface area contributed by atoms with E-state index in [-0.39, 0.29) is 11.3 Å². The first-order chi connectivity index (χ1) is 10.0. The second kappa shape index (κ2) is 6.91. The molecule has 1 amide bonds. The van der Waals surface area contributed by atoms with Crippen LogP contribution in [-0.2, 0) is 4.79 Å². The summed E-state index contributed by atoms with van der Waals surface area (Å²) in [6.07, 6.45) is 1.62. The van der Waals surface area contributed by atoms with Gasteiger partial charge in [0.1, 0.15) is 5.75 Å². The number of ether oxygens (including phenoxy) is 1. The fourth-order valence-electron chi connectivity index (χ4n) is 2.64. The van der Waals surface area contributed by atoms with Crippen LogP contribution in [0.1, 0.15) is 19.8 Å². The van der Waals surface area contributed by atoms with Crippen LogP contribution in [0.25, 0.3) is 0 Å². The molecular formula is C16H25N3O2. The van der Waals surface area contributed by atoms with E-state index < -0.39 is 0 Å². The number of nitrogens with two attached hydrogens (primary N) is 1. The number of carbonyl (C=O) groups is 1. The SMILES string of the molecule is COc1ccc(NC(=O)CCN2CCC(C)(CN)C2)cc1. The lowest BCUT2D eigenvalue weighted by atomic mass is 9.90. The minimum Gasteiger partial charge on any atom is -0.497 e. The number of amides is 1. The summed E-state index contributed by atoms with van der Waals surface area (Å²) >= 11 is 0. The molecule has 5 nitrogen and oxygen atoms in total. The lowest BCUT2D eigenvalue weighted by molar-refractivity contribution is -0.116. The maximum atomic E-state index is 12.0. The van der Waals surface area contributed by atoms with Crippen LogP contribution in [0.3, 0.4) is 0 Å². The van der Waals surface area contributed by atoms with Crippen LogP contribution < -0.4 is 15.8 Å². The van der Waals surface area contributed by atoms with Crippen molar-refractivity contribution < 1.29 is 9.53 Å². The van der Waals surface area contributed by atoms with Gasteiger partial charge in [-0.2, -0.15) is 0 Å². The third-order valence-electron chi connectivity index (χ3n) is 4.16. The Hall–Kier alpha value is -1.59. The zero-order valence-corrected chi connectivity index (χ0v) is 12.9. The molecule has 2 rings (SSSR count). The van der Waals surface area contributed by atoms with Crippen molar-refractivity contribution in [2.24, 2.45) is 11.1 Å². The lowest BCUT2D eigenvalue weighted by Gasteiger charge is -2.22. The molecule has 21 heavy (non-hydrogen) atoms. The topological polar surface area (TPSA) is 67.6 Å². The maximum absolute atomic E-state index is 12.0. The number of nitrogens with zero attached hydrogens (tertiary/aromatic N) is 1. The van der Waals surface area contributed by atoms with Gasteiger partial charge in [-0.25, -0.2) is 0 Å². The number of rotatable bonds is 6. The van der Waals surface area contributed by atoms with Crippen LogP contribution in [-0.4, -0.2) is 44.1 Å². The summed E-state index contributed by atoms with van der Waals surface area (Å²) in [6.45, 7) is 5.73. The Morgan fingerprint density at radius 3 is 2.71 bits per heavy atom. The van der Waals surface area contributed by atoms with Gasteiger partial charge in [0.2, 0.25) is 5.91 Å². The van der Waals surface area contributed by atoms with Crippen molar-refractivity contribution in [1.29, 1.82) is 0 Å². The van der Waals surface area contributed by atoms with E-state index in [1.807, 2.05) is 24.3 Å². The summed E-state index contributed by atoms with van der Waals surface area (Å²) in [6, 6.07) is 7.36. The van der Waals surface area contributed by atoms with Crippen molar-refractivity contribution in [3.63, 3.8) is 0 Å². The molecule has 1 heterocycles. The van der Waals surface area contributed by atoms with E-state index in [4.69, 9.17) is 10.5 Å². The number of benzene rings is 1. The number of methoxy groups -OCH3 is 1. The summed E-state index contributed by atoms with van der Waals surface area (Å²) in [5.74, 6) is 0.827. The number of carbonyl (C=O) groups excluding carboxylic acids is 1. The monoisotopic (exact) mass is 291 g/mol. The summed E-state index contributed by atoms with van der Waals surface area (Å²) in [5.41, 5.74) is 6.81. The van der Waals surface area contributed by atoms with Gasteiger partial charge in [-0.05, 0) is 49.2 Å². The Morgan fingerprint density at radius 2 is 2.14 bits per heavy atom. The first kappa shape index (κ1) is 15.8. The van der Waals surface area contributed by atoms with Gasteiger partial charge < -0.3 is 20.7 Å². The third kappa shape index (κ3) is 4.44. The summed E-state index contributed by atoms with van der Waals surface area (Å²) in [4.78, 5) is 14.3. The molecular weight excluding hydrogens is 266 g/mol. The van der Waals surface area contributed by atoms with Gasteiger partial charge in [-0.15, -0.1) is 0 Å². The number of hydrogen-bond acceptors (Lipinski definition) is 4. The Bertz CT molecular complexity index is 475. The number of anilines is 1. The Morgan fingerprint density at radius 1 is 1.43 bits per heavy atom. The van der Waals surface area contributed by atoms with E-state index in [0.29, 0.717) is 13.0 Å². The largest absolute Gasteiger partial charge is 0.497 e. The van der Waals surface area contributed by atoms with Crippen molar-refractivity contribution in [3.8, 4) is 5.75 Å². The molecule has 1 saturated heterocycles. The summed E-state index contributed by atoms with van der Waals surface area (Å²) in [5, 5.41) is 2.91. The molecule has 0 spiro atoms. The molecule has 0 bridgehead atoms. The average molecular weight is 291 g/mol. The second-order valence-electron chi connectivity index (χ2n) is 6.07. The first-order valence-corrected chi connectivity index (χ1v) is 7.41. The molecule has 116 valence electrons. The van der Waals surface area contributed by atoms with E-state index >= 15 is 0 Å². The molecule has 1 aromatic carbocycles. The van der Waals surface area contributed by atoms with E-state index in [2.05, 4.69) is 17.1 Å². The molecule has 5 heteroatoms. The van der Waals surface area contributed by atoms with Crippen LogP contribution >= 0.6 is 0 Å². The molecule has 1 fully saturated rings. The molecule has 1 atom stereocenters. The predicted octanol–water partition coefficient (Wildman–Crippen LogP) is 1.69. The standard InChI is InChI=1S/C16H25N3O2/c1-16(11-17)8-10-19(12-16)9-7-15(20)18-13-3-5-14(21-2)6-4-13/h3-6H,7-12,17H2,1-2H3,(H,18,20). The maximum Gasteiger partial charge on any atom is 0.225 e. The zero-order chi connectivity index (χ0) is 15.3. The van der Waals surface area contributed by atoms with Crippen LogP contribution in [0.5, 0.6) is 5.75 Å². The van der Waals surface area contributed by atoms with Gasteiger partial charge in [-0.3, -0.25) is 4.79 Å². The number of hydrogen-bond donors (Lipinski definition) is 2. The third-order valence-corrected chi connectivity index (χ3v) is 4.16. The average Bonchev–Trinajstić information content (AvgIpc) is 2.88. The van der Waals surface area contributed by atoms with E-state index in [1.165, 1.54) is 0 Å². The minimum atomic E-state index is 0.0431. The van der Waals surface area contributed by atoms with Gasteiger partial charge in [0, 0.05) is 25.2 Å². The van der Waals surface area contributed by atoms with Gasteiger partial charge in [0.05, 0.1) is 7.11 Å². The van der Waals surface area contributed by atoms with Crippen LogP contribution in [0, 0.1) is 5.41 Å². The normalized spacial score (nSPS) is 22.2. The minimum absolute atomic E-state index is 0.0431. The van der Waals surface area contributed by atoms with Crippen molar-refractivity contribution in [1.82, 2.24) is 4.90 Å². The molecule has 1 aliphatic rings. The van der Waals surface area contributed by atoms with Gasteiger partial charge >= 0.3 is 0 Å². The predicted molar refractivity (Wildman–Crippen MR) is 84.5 cm³/mol. The van der Waals surface area contributed by atoms with Crippen LogP contribution in [0.4, 0.5) is 5.69 Å². The summed E-state index contributed by atoms with van der Waals surface area (Å²) in [7, 11) is 1.62. The van der Waals surface area contributed by atoms with E-state index in [0.717, 1.165) is 37.5 Å². The molecule has 1 unspecified atom stereocenters. The Labute approximate surface area is 126 Å².